The van der Waals surface area contributed by atoms with Crippen molar-refractivity contribution in [3.63, 3.8) is 0 Å². The summed E-state index contributed by atoms with van der Waals surface area (Å²) in [5, 5.41) is 10.8. The molecule has 1 aliphatic rings. The fraction of sp³-hybridized carbons (Fsp3) is 0.357. The number of rotatable bonds is 4. The van der Waals surface area contributed by atoms with Crippen LogP contribution in [-0.4, -0.2) is 22.1 Å². The van der Waals surface area contributed by atoms with E-state index in [0.29, 0.717) is 17.8 Å². The van der Waals surface area contributed by atoms with Crippen molar-refractivity contribution in [1.82, 2.24) is 15.5 Å². The second kappa shape index (κ2) is 4.84. The first-order valence-corrected chi connectivity index (χ1v) is 6.39. The summed E-state index contributed by atoms with van der Waals surface area (Å²) >= 11 is 0. The molecule has 0 aliphatic heterocycles. The molecule has 1 amide bonds. The molecule has 98 valence electrons. The summed E-state index contributed by atoms with van der Waals surface area (Å²) in [5.41, 5.74) is 2.04. The highest BCUT2D eigenvalue weighted by atomic mass is 16.4. The van der Waals surface area contributed by atoms with Gasteiger partial charge < -0.3 is 9.73 Å². The third kappa shape index (κ3) is 2.99. The first-order valence-electron chi connectivity index (χ1n) is 6.39. The fourth-order valence-corrected chi connectivity index (χ4v) is 1.78. The molecule has 1 aliphatic carbocycles. The lowest BCUT2D eigenvalue weighted by molar-refractivity contribution is -0.120. The first-order chi connectivity index (χ1) is 9.20. The summed E-state index contributed by atoms with van der Waals surface area (Å²) < 4.78 is 5.50. The first kappa shape index (κ1) is 11.9. The molecule has 0 atom stereocenters. The van der Waals surface area contributed by atoms with Crippen molar-refractivity contribution in [3.8, 4) is 11.5 Å². The van der Waals surface area contributed by atoms with Crippen LogP contribution in [0.4, 0.5) is 0 Å². The van der Waals surface area contributed by atoms with Crippen LogP contribution in [-0.2, 0) is 11.2 Å². The molecule has 0 spiro atoms. The number of carbonyl (C=O) groups excluding carboxylic acids is 1. The lowest BCUT2D eigenvalue weighted by Gasteiger charge is -1.99. The highest BCUT2D eigenvalue weighted by Crippen LogP contribution is 2.20. The molecule has 1 saturated carbocycles. The number of benzene rings is 1. The third-order valence-corrected chi connectivity index (χ3v) is 3.02. The van der Waals surface area contributed by atoms with Crippen LogP contribution in [0.5, 0.6) is 0 Å². The van der Waals surface area contributed by atoms with Crippen LogP contribution >= 0.6 is 0 Å². The van der Waals surface area contributed by atoms with E-state index in [1.807, 2.05) is 31.2 Å². The van der Waals surface area contributed by atoms with Crippen molar-refractivity contribution in [1.29, 1.82) is 0 Å². The maximum absolute atomic E-state index is 11.6. The molecule has 5 heteroatoms. The van der Waals surface area contributed by atoms with E-state index in [9.17, 15) is 4.79 Å². The number of amides is 1. The van der Waals surface area contributed by atoms with Crippen molar-refractivity contribution in [2.45, 2.75) is 32.2 Å². The average molecular weight is 257 g/mol. The number of carbonyl (C=O) groups is 1. The van der Waals surface area contributed by atoms with Gasteiger partial charge in [-0.1, -0.05) is 17.7 Å². The summed E-state index contributed by atoms with van der Waals surface area (Å²) in [5.74, 6) is 0.754. The van der Waals surface area contributed by atoms with Crippen molar-refractivity contribution >= 4 is 5.91 Å². The largest absolute Gasteiger partial charge is 0.420 e. The van der Waals surface area contributed by atoms with Gasteiger partial charge >= 0.3 is 0 Å². The molecule has 19 heavy (non-hydrogen) atoms. The predicted molar refractivity (Wildman–Crippen MR) is 69.3 cm³/mol. The van der Waals surface area contributed by atoms with Crippen LogP contribution in [0, 0.1) is 6.92 Å². The molecule has 0 unspecified atom stereocenters. The van der Waals surface area contributed by atoms with Gasteiger partial charge in [0.1, 0.15) is 6.42 Å². The zero-order chi connectivity index (χ0) is 13.2. The van der Waals surface area contributed by atoms with Crippen LogP contribution in [0.1, 0.15) is 24.3 Å². The van der Waals surface area contributed by atoms with Gasteiger partial charge in [0.25, 0.3) is 0 Å². The Balaban J connectivity index is 1.68. The normalized spacial score (nSPS) is 14.4. The Morgan fingerprint density at radius 3 is 2.74 bits per heavy atom. The monoisotopic (exact) mass is 257 g/mol. The van der Waals surface area contributed by atoms with E-state index >= 15 is 0 Å². The molecule has 1 aromatic heterocycles. The van der Waals surface area contributed by atoms with Crippen LogP contribution in [0.3, 0.4) is 0 Å². The summed E-state index contributed by atoms with van der Waals surface area (Å²) in [6, 6.07) is 8.18. The van der Waals surface area contributed by atoms with E-state index in [0.717, 1.165) is 18.4 Å². The van der Waals surface area contributed by atoms with Gasteiger partial charge in [0.2, 0.25) is 17.7 Å². The quantitative estimate of drug-likeness (QED) is 0.907. The van der Waals surface area contributed by atoms with Crippen molar-refractivity contribution in [2.75, 3.05) is 0 Å². The van der Waals surface area contributed by atoms with E-state index in [1.165, 1.54) is 5.56 Å². The molecule has 0 bridgehead atoms. The highest BCUT2D eigenvalue weighted by molar-refractivity contribution is 5.78. The number of nitrogens with one attached hydrogen (secondary N) is 1. The van der Waals surface area contributed by atoms with Gasteiger partial charge in [-0.3, -0.25) is 4.79 Å². The topological polar surface area (TPSA) is 68.0 Å². The Morgan fingerprint density at radius 2 is 2.05 bits per heavy atom. The van der Waals surface area contributed by atoms with E-state index in [4.69, 9.17) is 4.42 Å². The lowest BCUT2D eigenvalue weighted by atomic mass is 10.1. The van der Waals surface area contributed by atoms with Crippen molar-refractivity contribution < 1.29 is 9.21 Å². The second-order valence-electron chi connectivity index (χ2n) is 4.89. The molecule has 0 radical (unpaired) electrons. The molecule has 1 fully saturated rings. The Bertz CT molecular complexity index is 585. The van der Waals surface area contributed by atoms with Crippen LogP contribution < -0.4 is 5.32 Å². The smallest absolute Gasteiger partial charge is 0.247 e. The van der Waals surface area contributed by atoms with Gasteiger partial charge in [-0.05, 0) is 31.9 Å². The van der Waals surface area contributed by atoms with Gasteiger partial charge in [0, 0.05) is 11.6 Å². The minimum atomic E-state index is -0.0541. The zero-order valence-electron chi connectivity index (χ0n) is 10.7. The Hall–Kier alpha value is -2.17. The van der Waals surface area contributed by atoms with Gasteiger partial charge in [-0.2, -0.15) is 0 Å². The second-order valence-corrected chi connectivity index (χ2v) is 4.89. The maximum Gasteiger partial charge on any atom is 0.247 e. The summed E-state index contributed by atoms with van der Waals surface area (Å²) in [7, 11) is 0. The van der Waals surface area contributed by atoms with Gasteiger partial charge in [-0.15, -0.1) is 10.2 Å². The van der Waals surface area contributed by atoms with Crippen LogP contribution in [0.2, 0.25) is 0 Å². The molecule has 1 N–H and O–H groups in total. The van der Waals surface area contributed by atoms with E-state index in [2.05, 4.69) is 15.5 Å². The molecule has 2 aromatic rings. The van der Waals surface area contributed by atoms with E-state index < -0.39 is 0 Å². The minimum Gasteiger partial charge on any atom is -0.420 e. The standard InChI is InChI=1S/C14H15N3O2/c1-9-2-4-10(5-3-9)14-17-16-13(19-14)8-12(18)15-11-6-7-11/h2-5,11H,6-8H2,1H3,(H,15,18). The van der Waals surface area contributed by atoms with Crippen molar-refractivity contribution in [2.24, 2.45) is 0 Å². The number of nitrogens with zero attached hydrogens (tertiary/aromatic N) is 2. The van der Waals surface area contributed by atoms with E-state index in [1.54, 1.807) is 0 Å². The maximum atomic E-state index is 11.6. The van der Waals surface area contributed by atoms with Gasteiger partial charge in [0.05, 0.1) is 0 Å². The molecular formula is C14H15N3O2. The summed E-state index contributed by atoms with van der Waals surface area (Å²) in [6.45, 7) is 2.02. The number of hydrogen-bond donors (Lipinski definition) is 1. The number of aromatic nitrogens is 2. The Kier molecular flexibility index (Phi) is 3.03. The average Bonchev–Trinajstić information content (AvgIpc) is 3.07. The molecule has 3 rings (SSSR count). The van der Waals surface area contributed by atoms with Gasteiger partial charge in [0.15, 0.2) is 0 Å². The van der Waals surface area contributed by atoms with Crippen molar-refractivity contribution in [3.05, 3.63) is 35.7 Å². The summed E-state index contributed by atoms with van der Waals surface area (Å²) in [4.78, 5) is 11.6. The fourth-order valence-electron chi connectivity index (χ4n) is 1.78. The van der Waals surface area contributed by atoms with Crippen LogP contribution in [0.15, 0.2) is 28.7 Å². The zero-order valence-corrected chi connectivity index (χ0v) is 10.7. The summed E-state index contributed by atoms with van der Waals surface area (Å²) in [6.07, 6.45) is 2.30. The highest BCUT2D eigenvalue weighted by Gasteiger charge is 2.24. The molecule has 1 heterocycles. The Labute approximate surface area is 111 Å². The number of aryl methyl sites for hydroxylation is 1. The van der Waals surface area contributed by atoms with E-state index in [-0.39, 0.29) is 12.3 Å². The predicted octanol–water partition coefficient (Wildman–Crippen LogP) is 1.87. The minimum absolute atomic E-state index is 0.0541. The molecule has 5 nitrogen and oxygen atoms in total. The van der Waals surface area contributed by atoms with Gasteiger partial charge in [-0.25, -0.2) is 0 Å². The molecule has 0 saturated heterocycles. The SMILES string of the molecule is Cc1ccc(-c2nnc(CC(=O)NC3CC3)o2)cc1. The molecule has 1 aromatic carbocycles. The lowest BCUT2D eigenvalue weighted by Crippen LogP contribution is -2.27. The Morgan fingerprint density at radius 1 is 1.32 bits per heavy atom. The molecular weight excluding hydrogens is 242 g/mol. The van der Waals surface area contributed by atoms with Crippen LogP contribution in [0.25, 0.3) is 11.5 Å². The third-order valence-electron chi connectivity index (χ3n) is 3.02. The number of hydrogen-bond acceptors (Lipinski definition) is 4.